The molecule has 3 heterocycles. The molecule has 0 fully saturated rings. The van der Waals surface area contributed by atoms with Crippen molar-refractivity contribution in [3.8, 4) is 5.69 Å². The minimum atomic E-state index is -0.266. The summed E-state index contributed by atoms with van der Waals surface area (Å²) in [4.78, 5) is 35.4. The molecule has 2 amide bonds. The molecule has 172 valence electrons. The first kappa shape index (κ1) is 22.0. The number of nitrogens with zero attached hydrogens (tertiary/aromatic N) is 4. The maximum absolute atomic E-state index is 13.5. The fraction of sp³-hybridized carbons (Fsp3) is 0.240. The van der Waals surface area contributed by atoms with Crippen molar-refractivity contribution >= 4 is 28.2 Å². The number of anilines is 1. The Morgan fingerprint density at radius 2 is 1.88 bits per heavy atom. The van der Waals surface area contributed by atoms with Gasteiger partial charge < -0.3 is 10.6 Å². The molecule has 1 aliphatic rings. The van der Waals surface area contributed by atoms with Crippen LogP contribution in [0.1, 0.15) is 62.5 Å². The molecule has 0 spiro atoms. The standard InChI is InChI=1S/C25H24N6O2S/c1-16(17-8-10-19(11-9-17)31-15-27-14-28-31)29-24(33)22-20-6-2-3-7-21(20)34-25(22)30-23(32)18-5-4-12-26-13-18/h4-5,8-16H,2-3,6-7H2,1H3,(H,29,33)(H,30,32). The Bertz CT molecular complexity index is 1300. The molecule has 0 radical (unpaired) electrons. The highest BCUT2D eigenvalue weighted by molar-refractivity contribution is 7.17. The van der Waals surface area contributed by atoms with Crippen LogP contribution in [0.5, 0.6) is 0 Å². The van der Waals surface area contributed by atoms with Crippen molar-refractivity contribution in [2.24, 2.45) is 0 Å². The zero-order valence-electron chi connectivity index (χ0n) is 18.7. The summed E-state index contributed by atoms with van der Waals surface area (Å²) in [6.07, 6.45) is 10.2. The highest BCUT2D eigenvalue weighted by Crippen LogP contribution is 2.38. The maximum atomic E-state index is 13.5. The van der Waals surface area contributed by atoms with Gasteiger partial charge in [-0.25, -0.2) is 9.67 Å². The highest BCUT2D eigenvalue weighted by Gasteiger charge is 2.27. The number of carbonyl (C=O) groups excluding carboxylic acids is 2. The Kier molecular flexibility index (Phi) is 6.18. The zero-order chi connectivity index (χ0) is 23.5. The van der Waals surface area contributed by atoms with Crippen LogP contribution in [-0.2, 0) is 12.8 Å². The number of aryl methyl sites for hydroxylation is 1. The van der Waals surface area contributed by atoms with Crippen molar-refractivity contribution < 1.29 is 9.59 Å². The third-order valence-corrected chi connectivity index (χ3v) is 7.18. The van der Waals surface area contributed by atoms with E-state index in [1.807, 2.05) is 31.2 Å². The first-order valence-electron chi connectivity index (χ1n) is 11.2. The van der Waals surface area contributed by atoms with Crippen molar-refractivity contribution in [1.82, 2.24) is 25.1 Å². The number of fused-ring (bicyclic) bond motifs is 1. The van der Waals surface area contributed by atoms with Gasteiger partial charge in [0.05, 0.1) is 22.9 Å². The lowest BCUT2D eigenvalue weighted by molar-refractivity contribution is 0.0940. The van der Waals surface area contributed by atoms with Gasteiger partial charge in [0.15, 0.2) is 0 Å². The number of hydrogen-bond donors (Lipinski definition) is 2. The average molecular weight is 473 g/mol. The van der Waals surface area contributed by atoms with Crippen LogP contribution in [0.4, 0.5) is 5.00 Å². The average Bonchev–Trinajstić information content (AvgIpc) is 3.53. The van der Waals surface area contributed by atoms with Crippen molar-refractivity contribution in [1.29, 1.82) is 0 Å². The molecule has 0 aliphatic heterocycles. The number of hydrogen-bond acceptors (Lipinski definition) is 6. The Morgan fingerprint density at radius 3 is 2.62 bits per heavy atom. The predicted octanol–water partition coefficient (Wildman–Crippen LogP) is 4.35. The van der Waals surface area contributed by atoms with Crippen molar-refractivity contribution in [2.75, 3.05) is 5.32 Å². The first-order valence-corrected chi connectivity index (χ1v) is 12.0. The molecule has 1 aliphatic carbocycles. The van der Waals surface area contributed by atoms with E-state index in [4.69, 9.17) is 0 Å². The Morgan fingerprint density at radius 1 is 1.06 bits per heavy atom. The fourth-order valence-electron chi connectivity index (χ4n) is 4.18. The Balaban J connectivity index is 1.37. The molecule has 0 bridgehead atoms. The molecule has 2 N–H and O–H groups in total. The lowest BCUT2D eigenvalue weighted by Gasteiger charge is -2.17. The van der Waals surface area contributed by atoms with Gasteiger partial charge in [-0.2, -0.15) is 5.10 Å². The van der Waals surface area contributed by atoms with Crippen LogP contribution in [-0.4, -0.2) is 31.6 Å². The molecule has 8 nitrogen and oxygen atoms in total. The van der Waals surface area contributed by atoms with Crippen LogP contribution in [0, 0.1) is 0 Å². The third-order valence-electron chi connectivity index (χ3n) is 5.97. The van der Waals surface area contributed by atoms with Gasteiger partial charge in [0, 0.05) is 17.3 Å². The van der Waals surface area contributed by atoms with Gasteiger partial charge in [0.1, 0.15) is 17.7 Å². The van der Waals surface area contributed by atoms with E-state index >= 15 is 0 Å². The normalized spacial score (nSPS) is 13.7. The summed E-state index contributed by atoms with van der Waals surface area (Å²) in [7, 11) is 0. The zero-order valence-corrected chi connectivity index (χ0v) is 19.5. The first-order chi connectivity index (χ1) is 16.6. The Hall–Kier alpha value is -3.85. The molecule has 1 unspecified atom stereocenters. The molecule has 1 aromatic carbocycles. The van der Waals surface area contributed by atoms with Gasteiger partial charge in [-0.05, 0) is 68.0 Å². The molecule has 5 rings (SSSR count). The SMILES string of the molecule is CC(NC(=O)c1c(NC(=O)c2cccnc2)sc2c1CCCC2)c1ccc(-n2cncn2)cc1. The Labute approximate surface area is 201 Å². The van der Waals surface area contributed by atoms with E-state index in [1.165, 1.54) is 28.7 Å². The number of thiophene rings is 1. The lowest BCUT2D eigenvalue weighted by atomic mass is 9.95. The van der Waals surface area contributed by atoms with E-state index < -0.39 is 0 Å². The van der Waals surface area contributed by atoms with Gasteiger partial charge >= 0.3 is 0 Å². The summed E-state index contributed by atoms with van der Waals surface area (Å²) < 4.78 is 1.68. The summed E-state index contributed by atoms with van der Waals surface area (Å²) >= 11 is 1.51. The van der Waals surface area contributed by atoms with Gasteiger partial charge in [0.25, 0.3) is 11.8 Å². The molecule has 4 aromatic rings. The van der Waals surface area contributed by atoms with Crippen LogP contribution in [0.15, 0.2) is 61.4 Å². The number of aromatic nitrogens is 4. The summed E-state index contributed by atoms with van der Waals surface area (Å²) in [5, 5.41) is 10.8. The largest absolute Gasteiger partial charge is 0.345 e. The second kappa shape index (κ2) is 9.56. The van der Waals surface area contributed by atoms with Crippen molar-refractivity contribution in [2.45, 2.75) is 38.6 Å². The molecule has 0 saturated carbocycles. The van der Waals surface area contributed by atoms with E-state index in [9.17, 15) is 9.59 Å². The van der Waals surface area contributed by atoms with Crippen LogP contribution >= 0.6 is 11.3 Å². The summed E-state index contributed by atoms with van der Waals surface area (Å²) in [6, 6.07) is 11.0. The molecular formula is C25H24N6O2S. The predicted molar refractivity (Wildman–Crippen MR) is 130 cm³/mol. The van der Waals surface area contributed by atoms with E-state index in [0.717, 1.165) is 42.5 Å². The summed E-state index contributed by atoms with van der Waals surface area (Å²) in [6.45, 7) is 1.95. The topological polar surface area (TPSA) is 102 Å². The molecular weight excluding hydrogens is 448 g/mol. The molecule has 34 heavy (non-hydrogen) atoms. The second-order valence-corrected chi connectivity index (χ2v) is 9.34. The molecule has 1 atom stereocenters. The van der Waals surface area contributed by atoms with Crippen LogP contribution in [0.25, 0.3) is 5.69 Å². The number of rotatable bonds is 6. The van der Waals surface area contributed by atoms with Gasteiger partial charge in [0.2, 0.25) is 0 Å². The number of pyridine rings is 1. The van der Waals surface area contributed by atoms with Crippen molar-refractivity contribution in [3.05, 3.63) is 88.6 Å². The van der Waals surface area contributed by atoms with Gasteiger partial charge in [-0.3, -0.25) is 14.6 Å². The van der Waals surface area contributed by atoms with Crippen LogP contribution < -0.4 is 10.6 Å². The van der Waals surface area contributed by atoms with Crippen molar-refractivity contribution in [3.63, 3.8) is 0 Å². The van der Waals surface area contributed by atoms with E-state index in [2.05, 4.69) is 25.7 Å². The number of amides is 2. The monoisotopic (exact) mass is 472 g/mol. The maximum Gasteiger partial charge on any atom is 0.257 e. The molecule has 3 aromatic heterocycles. The fourth-order valence-corrected chi connectivity index (χ4v) is 5.46. The lowest BCUT2D eigenvalue weighted by Crippen LogP contribution is -2.28. The second-order valence-electron chi connectivity index (χ2n) is 8.24. The van der Waals surface area contributed by atoms with E-state index in [1.54, 1.807) is 29.3 Å². The molecule has 9 heteroatoms. The minimum absolute atomic E-state index is 0.172. The van der Waals surface area contributed by atoms with Crippen LogP contribution in [0.2, 0.25) is 0 Å². The summed E-state index contributed by atoms with van der Waals surface area (Å²) in [5.74, 6) is -0.439. The van der Waals surface area contributed by atoms with Gasteiger partial charge in [-0.15, -0.1) is 11.3 Å². The number of benzene rings is 1. The quantitative estimate of drug-likeness (QED) is 0.435. The smallest absolute Gasteiger partial charge is 0.257 e. The molecule has 0 saturated heterocycles. The third kappa shape index (κ3) is 4.47. The number of carbonyl (C=O) groups is 2. The van der Waals surface area contributed by atoms with Crippen LogP contribution in [0.3, 0.4) is 0 Å². The van der Waals surface area contributed by atoms with E-state index in [0.29, 0.717) is 16.1 Å². The number of nitrogens with one attached hydrogen (secondary N) is 2. The summed E-state index contributed by atoms with van der Waals surface area (Å²) in [5.41, 5.74) is 3.97. The van der Waals surface area contributed by atoms with E-state index in [-0.39, 0.29) is 17.9 Å². The highest BCUT2D eigenvalue weighted by atomic mass is 32.1. The van der Waals surface area contributed by atoms with Gasteiger partial charge in [-0.1, -0.05) is 12.1 Å². The minimum Gasteiger partial charge on any atom is -0.345 e.